The van der Waals surface area contributed by atoms with Gasteiger partial charge in [0.05, 0.1) is 28.3 Å². The van der Waals surface area contributed by atoms with E-state index in [0.717, 1.165) is 16.8 Å². The van der Waals surface area contributed by atoms with Crippen molar-refractivity contribution in [2.75, 3.05) is 16.8 Å². The number of nitrogens with one attached hydrogen (secondary N) is 1. The molecule has 1 aromatic heterocycles. The number of benzene rings is 1. The van der Waals surface area contributed by atoms with Crippen LogP contribution in [0, 0.1) is 12.7 Å². The summed E-state index contributed by atoms with van der Waals surface area (Å²) in [6.07, 6.45) is 0.670. The summed E-state index contributed by atoms with van der Waals surface area (Å²) < 4.78 is 38.8. The van der Waals surface area contributed by atoms with E-state index in [9.17, 15) is 17.6 Å². The summed E-state index contributed by atoms with van der Waals surface area (Å²) in [7, 11) is -3.08. The summed E-state index contributed by atoms with van der Waals surface area (Å²) in [6.45, 7) is 1.83. The largest absolute Gasteiger partial charge is 0.311 e. The molecule has 0 spiro atoms. The van der Waals surface area contributed by atoms with Crippen molar-refractivity contribution in [3.05, 3.63) is 45.9 Å². The summed E-state index contributed by atoms with van der Waals surface area (Å²) in [5.41, 5.74) is 2.28. The lowest BCUT2D eigenvalue weighted by molar-refractivity contribution is -0.116. The van der Waals surface area contributed by atoms with Gasteiger partial charge >= 0.3 is 0 Å². The molecule has 0 radical (unpaired) electrons. The van der Waals surface area contributed by atoms with Crippen molar-refractivity contribution in [3.63, 3.8) is 0 Å². The van der Waals surface area contributed by atoms with E-state index in [-0.39, 0.29) is 40.8 Å². The first-order valence-corrected chi connectivity index (χ1v) is 10.5. The van der Waals surface area contributed by atoms with E-state index >= 15 is 0 Å². The van der Waals surface area contributed by atoms with E-state index in [4.69, 9.17) is 11.6 Å². The van der Waals surface area contributed by atoms with Gasteiger partial charge in [0.25, 0.3) is 0 Å². The standard InChI is InChI=1S/C17H17ClFN3O3S/c1-9-16-12(10-2-3-14(19)13(18)6-10)7-15(23)20-17(16)22(21-9)11-4-5-26(24,25)8-11/h2-3,6,11-12H,4-5,7-8H2,1H3,(H,20,23). The van der Waals surface area contributed by atoms with Gasteiger partial charge in [0, 0.05) is 17.9 Å². The van der Waals surface area contributed by atoms with Crippen LogP contribution in [0.2, 0.25) is 5.02 Å². The summed E-state index contributed by atoms with van der Waals surface area (Å²) in [5, 5.41) is 7.36. The van der Waals surface area contributed by atoms with E-state index < -0.39 is 15.7 Å². The molecule has 1 N–H and O–H groups in total. The third kappa shape index (κ3) is 2.91. The topological polar surface area (TPSA) is 81.1 Å². The molecule has 6 nitrogen and oxygen atoms in total. The van der Waals surface area contributed by atoms with Crippen molar-refractivity contribution in [1.29, 1.82) is 0 Å². The number of aromatic nitrogens is 2. The second-order valence-corrected chi connectivity index (χ2v) is 9.46. The minimum atomic E-state index is -3.08. The fraction of sp³-hybridized carbons (Fsp3) is 0.412. The molecule has 4 rings (SSSR count). The van der Waals surface area contributed by atoms with E-state index in [2.05, 4.69) is 10.4 Å². The average molecular weight is 398 g/mol. The number of carbonyl (C=O) groups excluding carboxylic acids is 1. The summed E-state index contributed by atoms with van der Waals surface area (Å²) in [5.74, 6) is -0.334. The Kier molecular flexibility index (Phi) is 4.07. The minimum Gasteiger partial charge on any atom is -0.311 e. The average Bonchev–Trinajstić information content (AvgIpc) is 3.09. The monoisotopic (exact) mass is 397 g/mol. The van der Waals surface area contributed by atoms with Gasteiger partial charge in [-0.2, -0.15) is 5.10 Å². The van der Waals surface area contributed by atoms with Crippen LogP contribution < -0.4 is 5.32 Å². The second-order valence-electron chi connectivity index (χ2n) is 6.83. The van der Waals surface area contributed by atoms with E-state index in [0.29, 0.717) is 12.2 Å². The lowest BCUT2D eigenvalue weighted by Gasteiger charge is -2.25. The van der Waals surface area contributed by atoms with Crippen LogP contribution in [0.4, 0.5) is 10.2 Å². The van der Waals surface area contributed by atoms with Gasteiger partial charge in [0.2, 0.25) is 5.91 Å². The predicted molar refractivity (Wildman–Crippen MR) is 95.8 cm³/mol. The fourth-order valence-corrected chi connectivity index (χ4v) is 5.70. The highest BCUT2D eigenvalue weighted by molar-refractivity contribution is 7.91. The molecule has 1 amide bonds. The van der Waals surface area contributed by atoms with Crippen molar-refractivity contribution in [2.45, 2.75) is 31.7 Å². The Labute approximate surface area is 155 Å². The molecule has 9 heteroatoms. The zero-order valence-corrected chi connectivity index (χ0v) is 15.6. The number of rotatable bonds is 2. The highest BCUT2D eigenvalue weighted by Crippen LogP contribution is 2.42. The quantitative estimate of drug-likeness (QED) is 0.844. The number of hydrogen-bond donors (Lipinski definition) is 1. The summed E-state index contributed by atoms with van der Waals surface area (Å²) in [4.78, 5) is 12.3. The predicted octanol–water partition coefficient (Wildman–Crippen LogP) is 2.82. The van der Waals surface area contributed by atoms with Crippen LogP contribution in [0.25, 0.3) is 0 Å². The van der Waals surface area contributed by atoms with Crippen LogP contribution >= 0.6 is 11.6 Å². The Hall–Kier alpha value is -1.93. The highest BCUT2D eigenvalue weighted by Gasteiger charge is 2.37. The van der Waals surface area contributed by atoms with Crippen molar-refractivity contribution < 1.29 is 17.6 Å². The van der Waals surface area contributed by atoms with Gasteiger partial charge in [-0.05, 0) is 31.0 Å². The molecule has 0 aliphatic carbocycles. The van der Waals surface area contributed by atoms with Crippen LogP contribution in [0.1, 0.15) is 41.6 Å². The van der Waals surface area contributed by atoms with E-state index in [1.54, 1.807) is 10.7 Å². The molecule has 138 valence electrons. The molecule has 1 aromatic carbocycles. The SMILES string of the molecule is Cc1nn(C2CCS(=O)(=O)C2)c2c1C(c1ccc(F)c(Cl)c1)CC(=O)N2. The molecule has 26 heavy (non-hydrogen) atoms. The lowest BCUT2D eigenvalue weighted by atomic mass is 9.86. The number of anilines is 1. The number of nitrogens with zero attached hydrogens (tertiary/aromatic N) is 2. The van der Waals surface area contributed by atoms with Crippen molar-refractivity contribution in [1.82, 2.24) is 9.78 Å². The third-order valence-electron chi connectivity index (χ3n) is 5.03. The Morgan fingerprint density at radius 1 is 1.38 bits per heavy atom. The molecule has 1 fully saturated rings. The van der Waals surface area contributed by atoms with Crippen LogP contribution in [0.5, 0.6) is 0 Å². The van der Waals surface area contributed by atoms with Gasteiger partial charge < -0.3 is 5.32 Å². The normalized spacial score (nSPS) is 24.3. The molecule has 3 heterocycles. The van der Waals surface area contributed by atoms with Gasteiger partial charge in [-0.15, -0.1) is 0 Å². The van der Waals surface area contributed by atoms with E-state index in [1.165, 1.54) is 12.1 Å². The number of sulfone groups is 1. The molecule has 1 saturated heterocycles. The fourth-order valence-electron chi connectivity index (χ4n) is 3.82. The molecule has 0 saturated carbocycles. The number of aryl methyl sites for hydroxylation is 1. The molecule has 2 unspecified atom stereocenters. The zero-order chi connectivity index (χ0) is 18.6. The van der Waals surface area contributed by atoms with Crippen molar-refractivity contribution in [2.24, 2.45) is 0 Å². The maximum atomic E-state index is 13.5. The Bertz CT molecular complexity index is 1020. The van der Waals surface area contributed by atoms with Crippen LogP contribution in [0.15, 0.2) is 18.2 Å². The van der Waals surface area contributed by atoms with Gasteiger partial charge in [-0.25, -0.2) is 17.5 Å². The number of fused-ring (bicyclic) bond motifs is 1. The first kappa shape index (κ1) is 17.5. The first-order valence-electron chi connectivity index (χ1n) is 8.29. The molecular weight excluding hydrogens is 381 g/mol. The number of carbonyl (C=O) groups is 1. The minimum absolute atomic E-state index is 0.00182. The van der Waals surface area contributed by atoms with Crippen molar-refractivity contribution in [3.8, 4) is 0 Å². The maximum absolute atomic E-state index is 13.5. The third-order valence-corrected chi connectivity index (χ3v) is 7.07. The molecule has 2 aliphatic heterocycles. The Balaban J connectivity index is 1.81. The summed E-state index contributed by atoms with van der Waals surface area (Å²) in [6, 6.07) is 4.14. The molecule has 2 atom stereocenters. The van der Waals surface area contributed by atoms with Crippen LogP contribution in [-0.2, 0) is 14.6 Å². The zero-order valence-electron chi connectivity index (χ0n) is 14.0. The van der Waals surface area contributed by atoms with E-state index in [1.807, 2.05) is 6.92 Å². The highest BCUT2D eigenvalue weighted by atomic mass is 35.5. The molecule has 2 aromatic rings. The summed E-state index contributed by atoms with van der Waals surface area (Å²) >= 11 is 5.91. The van der Waals surface area contributed by atoms with Crippen LogP contribution in [0.3, 0.4) is 0 Å². The molecular formula is C17H17ClFN3O3S. The number of halogens is 2. The van der Waals surface area contributed by atoms with Gasteiger partial charge in [-0.3, -0.25) is 4.79 Å². The van der Waals surface area contributed by atoms with Crippen LogP contribution in [-0.4, -0.2) is 35.6 Å². The lowest BCUT2D eigenvalue weighted by Crippen LogP contribution is -2.26. The van der Waals surface area contributed by atoms with Crippen molar-refractivity contribution >= 4 is 33.2 Å². The van der Waals surface area contributed by atoms with Gasteiger partial charge in [-0.1, -0.05) is 17.7 Å². The second kappa shape index (κ2) is 6.06. The van der Waals surface area contributed by atoms with Gasteiger partial charge in [0.15, 0.2) is 9.84 Å². The first-order chi connectivity index (χ1) is 12.2. The number of hydrogen-bond acceptors (Lipinski definition) is 4. The maximum Gasteiger partial charge on any atom is 0.226 e. The Morgan fingerprint density at radius 2 is 2.15 bits per heavy atom. The smallest absolute Gasteiger partial charge is 0.226 e. The number of amides is 1. The Morgan fingerprint density at radius 3 is 2.81 bits per heavy atom. The van der Waals surface area contributed by atoms with Gasteiger partial charge in [0.1, 0.15) is 11.6 Å². The molecule has 2 aliphatic rings. The molecule has 0 bridgehead atoms.